The molecule has 0 saturated heterocycles. The zero-order valence-corrected chi connectivity index (χ0v) is 11.6. The molecule has 0 fully saturated rings. The van der Waals surface area contributed by atoms with Crippen molar-refractivity contribution >= 4 is 17.1 Å². The zero-order chi connectivity index (χ0) is 14.5. The van der Waals surface area contributed by atoms with Gasteiger partial charge in [0.25, 0.3) is 0 Å². The first kappa shape index (κ1) is 13.8. The van der Waals surface area contributed by atoms with E-state index in [1.807, 2.05) is 44.2 Å². The Balaban J connectivity index is 2.27. The lowest BCUT2D eigenvalue weighted by Crippen LogP contribution is -2.08. The largest absolute Gasteiger partial charge is 0.489 e. The number of nitriles is 1. The Labute approximate surface area is 118 Å². The van der Waals surface area contributed by atoms with E-state index >= 15 is 0 Å². The van der Waals surface area contributed by atoms with Crippen LogP contribution in [0.3, 0.4) is 0 Å². The van der Waals surface area contributed by atoms with Gasteiger partial charge in [0.15, 0.2) is 0 Å². The van der Waals surface area contributed by atoms with Crippen molar-refractivity contribution in [2.75, 3.05) is 11.1 Å². The van der Waals surface area contributed by atoms with Crippen molar-refractivity contribution in [3.8, 4) is 11.8 Å². The molecule has 0 atom stereocenters. The van der Waals surface area contributed by atoms with E-state index in [1.165, 1.54) is 0 Å². The molecule has 0 aliphatic carbocycles. The van der Waals surface area contributed by atoms with E-state index in [-0.39, 0.29) is 6.10 Å². The molecule has 2 aromatic rings. The molecule has 0 aromatic heterocycles. The van der Waals surface area contributed by atoms with Crippen LogP contribution >= 0.6 is 0 Å². The van der Waals surface area contributed by atoms with Crippen molar-refractivity contribution in [2.45, 2.75) is 20.0 Å². The Hall–Kier alpha value is -2.67. The maximum Gasteiger partial charge on any atom is 0.144 e. The fourth-order valence-electron chi connectivity index (χ4n) is 1.83. The summed E-state index contributed by atoms with van der Waals surface area (Å²) in [5.41, 5.74) is 8.84. The minimum atomic E-state index is 0.0643. The van der Waals surface area contributed by atoms with E-state index in [4.69, 9.17) is 15.7 Å². The molecule has 0 unspecified atom stereocenters. The van der Waals surface area contributed by atoms with Crippen LogP contribution < -0.4 is 15.8 Å². The lowest BCUT2D eigenvalue weighted by atomic mass is 10.2. The fraction of sp³-hybridized carbons (Fsp3) is 0.188. The summed E-state index contributed by atoms with van der Waals surface area (Å²) in [6.45, 7) is 3.91. The molecule has 2 aromatic carbocycles. The number of nitrogens with zero attached hydrogens (tertiary/aromatic N) is 1. The molecule has 3 N–H and O–H groups in total. The molecule has 0 radical (unpaired) electrons. The second-order valence-corrected chi connectivity index (χ2v) is 4.70. The quantitative estimate of drug-likeness (QED) is 0.829. The molecule has 0 aliphatic rings. The molecule has 0 saturated carbocycles. The van der Waals surface area contributed by atoms with Crippen molar-refractivity contribution in [3.05, 3.63) is 48.0 Å². The monoisotopic (exact) mass is 267 g/mol. The molecule has 4 heteroatoms. The number of benzene rings is 2. The topological polar surface area (TPSA) is 71.1 Å². The van der Waals surface area contributed by atoms with Gasteiger partial charge in [-0.2, -0.15) is 5.26 Å². The number of rotatable bonds is 4. The Kier molecular flexibility index (Phi) is 4.11. The summed E-state index contributed by atoms with van der Waals surface area (Å²) in [6, 6.07) is 14.9. The minimum Gasteiger partial charge on any atom is -0.489 e. The number of anilines is 3. The lowest BCUT2D eigenvalue weighted by Gasteiger charge is -2.15. The molecular formula is C16H17N3O. The zero-order valence-electron chi connectivity index (χ0n) is 11.6. The molecule has 20 heavy (non-hydrogen) atoms. The third-order valence-electron chi connectivity index (χ3n) is 2.70. The van der Waals surface area contributed by atoms with Gasteiger partial charge in [-0.15, -0.1) is 0 Å². The maximum absolute atomic E-state index is 8.90. The van der Waals surface area contributed by atoms with Gasteiger partial charge in [0, 0.05) is 5.69 Å². The SMILES string of the molecule is CC(C)Oc1cccc(Nc2cccc(C#N)c2)c1N. The Morgan fingerprint density at radius 2 is 1.95 bits per heavy atom. The van der Waals surface area contributed by atoms with E-state index in [2.05, 4.69) is 11.4 Å². The second-order valence-electron chi connectivity index (χ2n) is 4.70. The first-order chi connectivity index (χ1) is 9.60. The van der Waals surface area contributed by atoms with Gasteiger partial charge in [0.1, 0.15) is 5.75 Å². The Morgan fingerprint density at radius 3 is 2.65 bits per heavy atom. The predicted molar refractivity (Wildman–Crippen MR) is 81.1 cm³/mol. The van der Waals surface area contributed by atoms with Crippen LogP contribution in [0, 0.1) is 11.3 Å². The summed E-state index contributed by atoms with van der Waals surface area (Å²) < 4.78 is 5.65. The van der Waals surface area contributed by atoms with Gasteiger partial charge in [-0.25, -0.2) is 0 Å². The highest BCUT2D eigenvalue weighted by molar-refractivity contribution is 5.77. The number of para-hydroxylation sites is 1. The lowest BCUT2D eigenvalue weighted by molar-refractivity contribution is 0.244. The Morgan fingerprint density at radius 1 is 1.20 bits per heavy atom. The van der Waals surface area contributed by atoms with Crippen LogP contribution in [0.25, 0.3) is 0 Å². The highest BCUT2D eigenvalue weighted by Crippen LogP contribution is 2.32. The third kappa shape index (κ3) is 3.21. The highest BCUT2D eigenvalue weighted by Gasteiger charge is 2.08. The van der Waals surface area contributed by atoms with Crippen LogP contribution in [0.2, 0.25) is 0 Å². The number of hydrogen-bond donors (Lipinski definition) is 2. The highest BCUT2D eigenvalue weighted by atomic mass is 16.5. The van der Waals surface area contributed by atoms with Crippen LogP contribution in [0.5, 0.6) is 5.75 Å². The fourth-order valence-corrected chi connectivity index (χ4v) is 1.83. The molecule has 102 valence electrons. The van der Waals surface area contributed by atoms with Crippen LogP contribution in [0.15, 0.2) is 42.5 Å². The number of hydrogen-bond acceptors (Lipinski definition) is 4. The summed E-state index contributed by atoms with van der Waals surface area (Å²) >= 11 is 0. The molecule has 0 spiro atoms. The number of nitrogens with one attached hydrogen (secondary N) is 1. The number of ether oxygens (including phenoxy) is 1. The smallest absolute Gasteiger partial charge is 0.144 e. The number of nitrogens with two attached hydrogens (primary N) is 1. The standard InChI is InChI=1S/C16H17N3O/c1-11(2)20-15-8-4-7-14(16(15)18)19-13-6-3-5-12(9-13)10-17/h3-9,11,19H,18H2,1-2H3. The van der Waals surface area contributed by atoms with Gasteiger partial charge >= 0.3 is 0 Å². The van der Waals surface area contributed by atoms with Gasteiger partial charge < -0.3 is 15.8 Å². The summed E-state index contributed by atoms with van der Waals surface area (Å²) in [4.78, 5) is 0. The molecule has 0 heterocycles. The minimum absolute atomic E-state index is 0.0643. The summed E-state index contributed by atoms with van der Waals surface area (Å²) in [6.07, 6.45) is 0.0643. The predicted octanol–water partition coefficient (Wildman–Crippen LogP) is 3.67. The third-order valence-corrected chi connectivity index (χ3v) is 2.70. The Bertz CT molecular complexity index is 644. The van der Waals surface area contributed by atoms with E-state index < -0.39 is 0 Å². The molecule has 0 amide bonds. The van der Waals surface area contributed by atoms with E-state index in [9.17, 15) is 0 Å². The average molecular weight is 267 g/mol. The van der Waals surface area contributed by atoms with Crippen molar-refractivity contribution in [1.82, 2.24) is 0 Å². The summed E-state index contributed by atoms with van der Waals surface area (Å²) in [5.74, 6) is 0.654. The van der Waals surface area contributed by atoms with Crippen LogP contribution in [0.4, 0.5) is 17.1 Å². The average Bonchev–Trinajstić information content (AvgIpc) is 2.43. The van der Waals surface area contributed by atoms with Gasteiger partial charge in [-0.05, 0) is 44.2 Å². The van der Waals surface area contributed by atoms with Gasteiger partial charge in [-0.3, -0.25) is 0 Å². The number of nitrogen functional groups attached to an aromatic ring is 1. The van der Waals surface area contributed by atoms with Gasteiger partial charge in [0.05, 0.1) is 29.1 Å². The van der Waals surface area contributed by atoms with Gasteiger partial charge in [-0.1, -0.05) is 12.1 Å². The first-order valence-corrected chi connectivity index (χ1v) is 6.42. The van der Waals surface area contributed by atoms with Crippen molar-refractivity contribution < 1.29 is 4.74 Å². The van der Waals surface area contributed by atoms with Gasteiger partial charge in [0.2, 0.25) is 0 Å². The molecule has 0 aliphatic heterocycles. The van der Waals surface area contributed by atoms with Crippen molar-refractivity contribution in [3.63, 3.8) is 0 Å². The van der Waals surface area contributed by atoms with Crippen molar-refractivity contribution in [1.29, 1.82) is 5.26 Å². The van der Waals surface area contributed by atoms with E-state index in [1.54, 1.807) is 12.1 Å². The summed E-state index contributed by atoms with van der Waals surface area (Å²) in [5, 5.41) is 12.1. The van der Waals surface area contributed by atoms with E-state index in [0.717, 1.165) is 11.4 Å². The molecule has 4 nitrogen and oxygen atoms in total. The van der Waals surface area contributed by atoms with E-state index in [0.29, 0.717) is 17.0 Å². The normalized spacial score (nSPS) is 10.1. The van der Waals surface area contributed by atoms with Crippen LogP contribution in [0.1, 0.15) is 19.4 Å². The summed E-state index contributed by atoms with van der Waals surface area (Å²) in [7, 11) is 0. The first-order valence-electron chi connectivity index (χ1n) is 6.42. The molecule has 0 bridgehead atoms. The van der Waals surface area contributed by atoms with Crippen LogP contribution in [-0.2, 0) is 0 Å². The molecule has 2 rings (SSSR count). The maximum atomic E-state index is 8.90. The van der Waals surface area contributed by atoms with Crippen LogP contribution in [-0.4, -0.2) is 6.10 Å². The second kappa shape index (κ2) is 5.98. The van der Waals surface area contributed by atoms with Crippen molar-refractivity contribution in [2.24, 2.45) is 0 Å². The molecular weight excluding hydrogens is 250 g/mol.